The topological polar surface area (TPSA) is 30.7 Å². The van der Waals surface area contributed by atoms with Crippen molar-refractivity contribution in [2.75, 3.05) is 0 Å². The van der Waals surface area contributed by atoms with Crippen LogP contribution >= 0.6 is 0 Å². The molecule has 72 valence electrons. The molecule has 0 aliphatic rings. The Labute approximate surface area is 83.4 Å². The van der Waals surface area contributed by atoms with E-state index in [0.29, 0.717) is 0 Å². The normalized spacial score (nSPS) is 10.4. The molecule has 2 heterocycles. The summed E-state index contributed by atoms with van der Waals surface area (Å²) in [6.07, 6.45) is 6.68. The maximum Gasteiger partial charge on any atom is 0.0593 e. The van der Waals surface area contributed by atoms with Gasteiger partial charge in [0.1, 0.15) is 0 Å². The molecule has 0 aromatic carbocycles. The summed E-state index contributed by atoms with van der Waals surface area (Å²) in [5.41, 5.74) is 2.32. The zero-order valence-corrected chi connectivity index (χ0v) is 8.22. The van der Waals surface area contributed by atoms with Crippen molar-refractivity contribution in [2.45, 2.75) is 19.9 Å². The van der Waals surface area contributed by atoms with E-state index in [1.54, 1.807) is 6.20 Å². The molecular weight excluding hydrogens is 174 g/mol. The monoisotopic (exact) mass is 187 g/mol. The van der Waals surface area contributed by atoms with E-state index in [2.05, 4.69) is 16.1 Å². The Bertz CT molecular complexity index is 392. The second kappa shape index (κ2) is 4.05. The lowest BCUT2D eigenvalue weighted by molar-refractivity contribution is 0.609. The first kappa shape index (κ1) is 8.94. The second-order valence-electron chi connectivity index (χ2n) is 3.33. The van der Waals surface area contributed by atoms with Gasteiger partial charge in [0, 0.05) is 25.1 Å². The van der Waals surface area contributed by atoms with Crippen LogP contribution in [0.4, 0.5) is 0 Å². The van der Waals surface area contributed by atoms with Gasteiger partial charge in [-0.1, -0.05) is 6.07 Å². The molecule has 0 aliphatic carbocycles. The van der Waals surface area contributed by atoms with Crippen molar-refractivity contribution in [3.8, 4) is 0 Å². The summed E-state index contributed by atoms with van der Waals surface area (Å²) in [6.45, 7) is 2.92. The van der Waals surface area contributed by atoms with Crippen molar-refractivity contribution in [3.05, 3.63) is 48.0 Å². The molecule has 0 amide bonds. The van der Waals surface area contributed by atoms with Crippen molar-refractivity contribution >= 4 is 0 Å². The van der Waals surface area contributed by atoms with Crippen LogP contribution in [0.2, 0.25) is 0 Å². The minimum absolute atomic E-state index is 0.916. The van der Waals surface area contributed by atoms with Gasteiger partial charge in [0.05, 0.1) is 5.69 Å². The summed E-state index contributed by atoms with van der Waals surface area (Å²) in [4.78, 5) is 4.07. The molecule has 2 aromatic heterocycles. The summed E-state index contributed by atoms with van der Waals surface area (Å²) in [5, 5.41) is 4.32. The SMILES string of the molecule is Cc1ccn(CCc2cccnc2)n1. The van der Waals surface area contributed by atoms with Gasteiger partial charge in [-0.05, 0) is 31.0 Å². The first-order valence-electron chi connectivity index (χ1n) is 4.73. The van der Waals surface area contributed by atoms with Crippen LogP contribution in [-0.4, -0.2) is 14.8 Å². The maximum absolute atomic E-state index is 4.32. The minimum Gasteiger partial charge on any atom is -0.272 e. The predicted molar refractivity (Wildman–Crippen MR) is 54.9 cm³/mol. The third-order valence-corrected chi connectivity index (χ3v) is 2.13. The van der Waals surface area contributed by atoms with Gasteiger partial charge in [0.25, 0.3) is 0 Å². The number of hydrogen-bond acceptors (Lipinski definition) is 2. The third kappa shape index (κ3) is 2.19. The summed E-state index contributed by atoms with van der Waals surface area (Å²) >= 11 is 0. The van der Waals surface area contributed by atoms with Gasteiger partial charge in [-0.3, -0.25) is 9.67 Å². The molecule has 0 saturated carbocycles. The largest absolute Gasteiger partial charge is 0.272 e. The van der Waals surface area contributed by atoms with Gasteiger partial charge in [-0.2, -0.15) is 5.10 Å². The summed E-state index contributed by atoms with van der Waals surface area (Å²) < 4.78 is 1.96. The van der Waals surface area contributed by atoms with Crippen LogP contribution in [0.1, 0.15) is 11.3 Å². The summed E-state index contributed by atoms with van der Waals surface area (Å²) in [6, 6.07) is 6.07. The summed E-state index contributed by atoms with van der Waals surface area (Å²) in [5.74, 6) is 0. The van der Waals surface area contributed by atoms with E-state index in [1.165, 1.54) is 5.56 Å². The van der Waals surface area contributed by atoms with Crippen LogP contribution in [0.3, 0.4) is 0 Å². The van der Waals surface area contributed by atoms with Gasteiger partial charge in [-0.25, -0.2) is 0 Å². The van der Waals surface area contributed by atoms with E-state index in [-0.39, 0.29) is 0 Å². The number of aromatic nitrogens is 3. The van der Waals surface area contributed by atoms with Crippen molar-refractivity contribution in [1.29, 1.82) is 0 Å². The van der Waals surface area contributed by atoms with Crippen LogP contribution in [-0.2, 0) is 13.0 Å². The number of aryl methyl sites for hydroxylation is 3. The standard InChI is InChI=1S/C11H13N3/c1-10-4-7-14(13-10)8-5-11-3-2-6-12-9-11/h2-4,6-7,9H,5,8H2,1H3. The molecule has 0 spiro atoms. The molecule has 14 heavy (non-hydrogen) atoms. The highest BCUT2D eigenvalue weighted by atomic mass is 15.3. The van der Waals surface area contributed by atoms with E-state index < -0.39 is 0 Å². The van der Waals surface area contributed by atoms with Gasteiger partial charge in [-0.15, -0.1) is 0 Å². The number of hydrogen-bond donors (Lipinski definition) is 0. The molecule has 0 aliphatic heterocycles. The molecule has 0 saturated heterocycles. The molecule has 3 nitrogen and oxygen atoms in total. The quantitative estimate of drug-likeness (QED) is 0.734. The van der Waals surface area contributed by atoms with E-state index in [1.807, 2.05) is 36.1 Å². The van der Waals surface area contributed by atoms with E-state index in [9.17, 15) is 0 Å². The van der Waals surface area contributed by atoms with Crippen LogP contribution < -0.4 is 0 Å². The molecule has 0 N–H and O–H groups in total. The first-order valence-corrected chi connectivity index (χ1v) is 4.73. The second-order valence-corrected chi connectivity index (χ2v) is 3.33. The lowest BCUT2D eigenvalue weighted by atomic mass is 10.2. The first-order chi connectivity index (χ1) is 6.84. The van der Waals surface area contributed by atoms with Crippen molar-refractivity contribution in [3.63, 3.8) is 0 Å². The number of rotatable bonds is 3. The molecule has 0 radical (unpaired) electrons. The molecule has 0 unspecified atom stereocenters. The fourth-order valence-corrected chi connectivity index (χ4v) is 1.38. The average Bonchev–Trinajstić information content (AvgIpc) is 2.63. The zero-order valence-electron chi connectivity index (χ0n) is 8.22. The Balaban J connectivity index is 1.95. The molecule has 0 fully saturated rings. The minimum atomic E-state index is 0.916. The maximum atomic E-state index is 4.32. The Morgan fingerprint density at radius 2 is 2.29 bits per heavy atom. The van der Waals surface area contributed by atoms with Crippen LogP contribution in [0.25, 0.3) is 0 Å². The Hall–Kier alpha value is -1.64. The van der Waals surface area contributed by atoms with E-state index >= 15 is 0 Å². The predicted octanol–water partition coefficient (Wildman–Crippen LogP) is 1.83. The number of nitrogens with zero attached hydrogens (tertiary/aromatic N) is 3. The summed E-state index contributed by atoms with van der Waals surface area (Å²) in [7, 11) is 0. The van der Waals surface area contributed by atoms with E-state index in [4.69, 9.17) is 0 Å². The van der Waals surface area contributed by atoms with Crippen molar-refractivity contribution in [1.82, 2.24) is 14.8 Å². The van der Waals surface area contributed by atoms with Gasteiger partial charge in [0.15, 0.2) is 0 Å². The highest BCUT2D eigenvalue weighted by molar-refractivity contribution is 5.08. The smallest absolute Gasteiger partial charge is 0.0593 e. The van der Waals surface area contributed by atoms with Crippen LogP contribution in [0.15, 0.2) is 36.8 Å². The van der Waals surface area contributed by atoms with Crippen molar-refractivity contribution < 1.29 is 0 Å². The highest BCUT2D eigenvalue weighted by Crippen LogP contribution is 2.00. The van der Waals surface area contributed by atoms with Gasteiger partial charge < -0.3 is 0 Å². The van der Waals surface area contributed by atoms with Crippen LogP contribution in [0, 0.1) is 6.92 Å². The molecular formula is C11H13N3. The Morgan fingerprint density at radius 3 is 2.93 bits per heavy atom. The lowest BCUT2D eigenvalue weighted by Gasteiger charge is -2.00. The third-order valence-electron chi connectivity index (χ3n) is 2.13. The molecule has 2 rings (SSSR count). The Morgan fingerprint density at radius 1 is 1.36 bits per heavy atom. The number of pyridine rings is 1. The molecule has 0 bridgehead atoms. The average molecular weight is 187 g/mol. The van der Waals surface area contributed by atoms with Gasteiger partial charge in [0.2, 0.25) is 0 Å². The highest BCUT2D eigenvalue weighted by Gasteiger charge is 1.95. The fraction of sp³-hybridized carbons (Fsp3) is 0.273. The lowest BCUT2D eigenvalue weighted by Crippen LogP contribution is -2.02. The molecule has 3 heteroatoms. The van der Waals surface area contributed by atoms with Crippen LogP contribution in [0.5, 0.6) is 0 Å². The zero-order chi connectivity index (χ0) is 9.80. The fourth-order valence-electron chi connectivity index (χ4n) is 1.38. The van der Waals surface area contributed by atoms with Gasteiger partial charge >= 0.3 is 0 Å². The Kier molecular flexibility index (Phi) is 2.58. The molecule has 0 atom stereocenters. The van der Waals surface area contributed by atoms with Crippen molar-refractivity contribution in [2.24, 2.45) is 0 Å². The molecule has 2 aromatic rings. The van der Waals surface area contributed by atoms with E-state index in [0.717, 1.165) is 18.7 Å².